The van der Waals surface area contributed by atoms with E-state index in [9.17, 15) is 9.59 Å². The van der Waals surface area contributed by atoms with Gasteiger partial charge in [0.25, 0.3) is 5.91 Å². The molecular formula is C28H30N2O4. The molecule has 176 valence electrons. The summed E-state index contributed by atoms with van der Waals surface area (Å²) in [6.07, 6.45) is 5.17. The fourth-order valence-electron chi connectivity index (χ4n) is 4.20. The van der Waals surface area contributed by atoms with Crippen LogP contribution in [0.1, 0.15) is 35.2 Å². The lowest BCUT2D eigenvalue weighted by atomic mass is 10.1. The molecule has 1 fully saturated rings. The molecule has 34 heavy (non-hydrogen) atoms. The summed E-state index contributed by atoms with van der Waals surface area (Å²) >= 11 is 0. The molecule has 1 saturated heterocycles. The van der Waals surface area contributed by atoms with Gasteiger partial charge in [-0.3, -0.25) is 4.79 Å². The first-order valence-electron chi connectivity index (χ1n) is 11.8. The van der Waals surface area contributed by atoms with Gasteiger partial charge in [0.1, 0.15) is 12.4 Å². The summed E-state index contributed by atoms with van der Waals surface area (Å²) in [6.45, 7) is 3.97. The lowest BCUT2D eigenvalue weighted by Gasteiger charge is -2.15. The van der Waals surface area contributed by atoms with Crippen LogP contribution in [0.15, 0.2) is 72.3 Å². The molecular weight excluding hydrogens is 428 g/mol. The van der Waals surface area contributed by atoms with Crippen LogP contribution in [0.3, 0.4) is 0 Å². The minimum atomic E-state index is -0.981. The molecule has 6 heteroatoms. The van der Waals surface area contributed by atoms with Crippen molar-refractivity contribution in [3.63, 3.8) is 0 Å². The molecule has 2 N–H and O–H groups in total. The van der Waals surface area contributed by atoms with Crippen molar-refractivity contribution >= 4 is 28.7 Å². The summed E-state index contributed by atoms with van der Waals surface area (Å²) in [4.78, 5) is 26.6. The van der Waals surface area contributed by atoms with Crippen LogP contribution >= 0.6 is 0 Å². The molecule has 4 rings (SSSR count). The fraction of sp³-hybridized carbons (Fsp3) is 0.286. The number of hydrogen-bond acceptors (Lipinski definition) is 4. The van der Waals surface area contributed by atoms with Crippen LogP contribution in [-0.4, -0.2) is 54.7 Å². The molecule has 0 radical (unpaired) electrons. The van der Waals surface area contributed by atoms with Gasteiger partial charge in [0, 0.05) is 11.9 Å². The minimum Gasteiger partial charge on any atom is -0.488 e. The zero-order chi connectivity index (χ0) is 23.8. The molecule has 0 atom stereocenters. The number of carboxylic acid groups (broad SMARTS) is 1. The van der Waals surface area contributed by atoms with Crippen LogP contribution in [-0.2, 0) is 4.79 Å². The van der Waals surface area contributed by atoms with Crippen molar-refractivity contribution in [1.29, 1.82) is 0 Å². The summed E-state index contributed by atoms with van der Waals surface area (Å²) in [5, 5.41) is 14.2. The third-order valence-corrected chi connectivity index (χ3v) is 6.06. The fourth-order valence-corrected chi connectivity index (χ4v) is 4.20. The topological polar surface area (TPSA) is 78.9 Å². The number of nitrogens with zero attached hydrogens (tertiary/aromatic N) is 1. The molecule has 0 aromatic heterocycles. The maximum absolute atomic E-state index is 13.0. The molecule has 1 heterocycles. The Kier molecular flexibility index (Phi) is 7.94. The van der Waals surface area contributed by atoms with Gasteiger partial charge >= 0.3 is 5.97 Å². The number of carbonyl (C=O) groups is 2. The van der Waals surface area contributed by atoms with Crippen LogP contribution in [0, 0.1) is 0 Å². The SMILES string of the molecule is O=C(NCCCN1CCCC1)C(=Cc1ccc(C(=O)O)cc1)COc1cccc2ccccc12. The number of amides is 1. The van der Waals surface area contributed by atoms with Crippen molar-refractivity contribution in [2.45, 2.75) is 19.3 Å². The van der Waals surface area contributed by atoms with Gasteiger partial charge in [-0.15, -0.1) is 0 Å². The smallest absolute Gasteiger partial charge is 0.335 e. The Bertz CT molecular complexity index is 1160. The Balaban J connectivity index is 1.46. The largest absolute Gasteiger partial charge is 0.488 e. The summed E-state index contributed by atoms with van der Waals surface area (Å²) in [5.74, 6) is -0.443. The zero-order valence-electron chi connectivity index (χ0n) is 19.2. The van der Waals surface area contributed by atoms with E-state index in [4.69, 9.17) is 9.84 Å². The Morgan fingerprint density at radius 2 is 1.71 bits per heavy atom. The third kappa shape index (κ3) is 6.23. The van der Waals surface area contributed by atoms with Gasteiger partial charge in [-0.25, -0.2) is 4.79 Å². The standard InChI is InChI=1S/C28H30N2O4/c31-27(29-15-6-18-30-16-3-4-17-30)24(19-21-11-13-23(14-12-21)28(32)33)20-34-26-10-5-8-22-7-1-2-9-25(22)26/h1-2,5,7-14,19H,3-4,6,15-18,20H2,(H,29,31)(H,32,33). The van der Waals surface area contributed by atoms with E-state index < -0.39 is 5.97 Å². The molecule has 1 aliphatic heterocycles. The van der Waals surface area contributed by atoms with Crippen molar-refractivity contribution < 1.29 is 19.4 Å². The maximum atomic E-state index is 13.0. The Labute approximate surface area is 199 Å². The molecule has 1 amide bonds. The second kappa shape index (κ2) is 11.5. The summed E-state index contributed by atoms with van der Waals surface area (Å²) in [6, 6.07) is 20.3. The molecule has 0 saturated carbocycles. The van der Waals surface area contributed by atoms with Gasteiger partial charge in [0.05, 0.1) is 11.1 Å². The highest BCUT2D eigenvalue weighted by Gasteiger charge is 2.14. The average Bonchev–Trinajstić information content (AvgIpc) is 3.38. The van der Waals surface area contributed by atoms with Crippen molar-refractivity contribution in [1.82, 2.24) is 10.2 Å². The number of hydrogen-bond donors (Lipinski definition) is 2. The average molecular weight is 459 g/mol. The summed E-state index contributed by atoms with van der Waals surface area (Å²) < 4.78 is 6.09. The third-order valence-electron chi connectivity index (χ3n) is 6.06. The van der Waals surface area contributed by atoms with Crippen LogP contribution in [0.5, 0.6) is 5.75 Å². The van der Waals surface area contributed by atoms with E-state index in [1.54, 1.807) is 18.2 Å². The second-order valence-corrected chi connectivity index (χ2v) is 8.52. The monoisotopic (exact) mass is 458 g/mol. The predicted octanol–water partition coefficient (Wildman–Crippen LogP) is 4.60. The summed E-state index contributed by atoms with van der Waals surface area (Å²) in [7, 11) is 0. The highest BCUT2D eigenvalue weighted by molar-refractivity contribution is 5.98. The molecule has 0 spiro atoms. The van der Waals surface area contributed by atoms with E-state index in [0.29, 0.717) is 17.9 Å². The van der Waals surface area contributed by atoms with Crippen molar-refractivity contribution in [2.75, 3.05) is 32.8 Å². The normalized spacial score (nSPS) is 14.3. The van der Waals surface area contributed by atoms with Crippen molar-refractivity contribution in [3.05, 3.63) is 83.4 Å². The highest BCUT2D eigenvalue weighted by atomic mass is 16.5. The van der Waals surface area contributed by atoms with Gasteiger partial charge < -0.3 is 20.1 Å². The molecule has 0 bridgehead atoms. The van der Waals surface area contributed by atoms with Gasteiger partial charge in [-0.2, -0.15) is 0 Å². The minimum absolute atomic E-state index is 0.104. The number of likely N-dealkylation sites (tertiary alicyclic amines) is 1. The van der Waals surface area contributed by atoms with Crippen LogP contribution < -0.4 is 10.1 Å². The van der Waals surface area contributed by atoms with E-state index >= 15 is 0 Å². The van der Waals surface area contributed by atoms with E-state index in [1.807, 2.05) is 42.5 Å². The van der Waals surface area contributed by atoms with E-state index in [0.717, 1.165) is 42.4 Å². The second-order valence-electron chi connectivity index (χ2n) is 8.52. The van der Waals surface area contributed by atoms with E-state index in [1.165, 1.54) is 25.0 Å². The molecule has 3 aromatic rings. The number of nitrogens with one attached hydrogen (secondary N) is 1. The predicted molar refractivity (Wildman–Crippen MR) is 134 cm³/mol. The molecule has 0 unspecified atom stereocenters. The van der Waals surface area contributed by atoms with Gasteiger partial charge in [-0.05, 0) is 74.1 Å². The van der Waals surface area contributed by atoms with Crippen LogP contribution in [0.2, 0.25) is 0 Å². The Morgan fingerprint density at radius 1 is 0.971 bits per heavy atom. The van der Waals surface area contributed by atoms with Gasteiger partial charge in [0.15, 0.2) is 0 Å². The Hall–Kier alpha value is -3.64. The van der Waals surface area contributed by atoms with Gasteiger partial charge in [0.2, 0.25) is 0 Å². The first kappa shape index (κ1) is 23.5. The number of fused-ring (bicyclic) bond motifs is 1. The lowest BCUT2D eigenvalue weighted by Crippen LogP contribution is -2.31. The van der Waals surface area contributed by atoms with Gasteiger partial charge in [-0.1, -0.05) is 48.5 Å². The quantitative estimate of drug-likeness (QED) is 0.343. The number of rotatable bonds is 10. The molecule has 1 aliphatic rings. The molecule has 3 aromatic carbocycles. The first-order chi connectivity index (χ1) is 16.6. The number of ether oxygens (including phenoxy) is 1. The first-order valence-corrected chi connectivity index (χ1v) is 11.8. The van der Waals surface area contributed by atoms with Crippen LogP contribution in [0.4, 0.5) is 0 Å². The lowest BCUT2D eigenvalue weighted by molar-refractivity contribution is -0.117. The van der Waals surface area contributed by atoms with Crippen molar-refractivity contribution in [2.24, 2.45) is 0 Å². The van der Waals surface area contributed by atoms with Crippen LogP contribution in [0.25, 0.3) is 16.8 Å². The number of benzene rings is 3. The molecule has 0 aliphatic carbocycles. The van der Waals surface area contributed by atoms with E-state index in [2.05, 4.69) is 10.2 Å². The Morgan fingerprint density at radius 3 is 2.47 bits per heavy atom. The number of carbonyl (C=O) groups excluding carboxylic acids is 1. The molecule has 6 nitrogen and oxygen atoms in total. The highest BCUT2D eigenvalue weighted by Crippen LogP contribution is 2.25. The zero-order valence-corrected chi connectivity index (χ0v) is 19.2. The summed E-state index contributed by atoms with van der Waals surface area (Å²) in [5.41, 5.74) is 1.43. The number of aromatic carboxylic acids is 1. The van der Waals surface area contributed by atoms with Crippen molar-refractivity contribution in [3.8, 4) is 5.75 Å². The maximum Gasteiger partial charge on any atom is 0.335 e. The van der Waals surface area contributed by atoms with E-state index in [-0.39, 0.29) is 18.1 Å². The number of carboxylic acids is 1.